The predicted octanol–water partition coefficient (Wildman–Crippen LogP) is 8.75. The molecule has 0 bridgehead atoms. The summed E-state index contributed by atoms with van der Waals surface area (Å²) in [6, 6.07) is 6.12. The first-order chi connectivity index (χ1) is 19.4. The lowest BCUT2D eigenvalue weighted by Gasteiger charge is -2.36. The van der Waals surface area contributed by atoms with Crippen LogP contribution in [0.4, 0.5) is 17.6 Å². The largest absolute Gasteiger partial charge is 0.505 e. The highest BCUT2D eigenvalue weighted by Crippen LogP contribution is 2.43. The van der Waals surface area contributed by atoms with E-state index >= 15 is 0 Å². The smallest absolute Gasteiger partial charge is 0.200 e. The van der Waals surface area contributed by atoms with Crippen LogP contribution in [0.25, 0.3) is 5.57 Å². The number of halogens is 4. The Morgan fingerprint density at radius 2 is 1.45 bits per heavy atom. The molecule has 0 spiro atoms. The molecule has 7 heteroatoms. The number of epoxide rings is 1. The molecule has 40 heavy (non-hydrogen) atoms. The Kier molecular flexibility index (Phi) is 8.23. The minimum Gasteiger partial charge on any atom is -0.505 e. The van der Waals surface area contributed by atoms with E-state index in [0.717, 1.165) is 70.0 Å². The van der Waals surface area contributed by atoms with Crippen molar-refractivity contribution in [2.45, 2.75) is 88.8 Å². The number of phenols is 1. The lowest BCUT2D eigenvalue weighted by Crippen LogP contribution is -2.28. The van der Waals surface area contributed by atoms with Crippen LogP contribution in [-0.4, -0.2) is 24.4 Å². The molecule has 216 valence electrons. The SMILES string of the molecule is Oc1ccc(C2CCC(OCC3CCC(C4CC=C(c5ccc(C6CO6)c(F)c5F)CC4)CC3)CC2)c(F)c1F. The summed E-state index contributed by atoms with van der Waals surface area (Å²) in [7, 11) is 0. The second-order valence-electron chi connectivity index (χ2n) is 12.3. The molecule has 2 unspecified atom stereocenters. The van der Waals surface area contributed by atoms with Crippen LogP contribution in [0.15, 0.2) is 30.3 Å². The maximum Gasteiger partial charge on any atom is 0.200 e. The zero-order valence-electron chi connectivity index (χ0n) is 22.8. The van der Waals surface area contributed by atoms with E-state index in [4.69, 9.17) is 9.47 Å². The molecule has 6 rings (SSSR count). The van der Waals surface area contributed by atoms with Gasteiger partial charge in [0.05, 0.1) is 12.7 Å². The van der Waals surface area contributed by atoms with Crippen molar-refractivity contribution >= 4 is 5.57 Å². The third-order valence-corrected chi connectivity index (χ3v) is 9.92. The first-order valence-electron chi connectivity index (χ1n) is 15.0. The lowest BCUT2D eigenvalue weighted by molar-refractivity contribution is -0.00689. The standard InChI is InChI=1S/C33H38F4O3/c34-30-25(13-14-27(32(30)36)29-18-40-29)22-7-5-21(6-8-22)20-3-1-19(2-4-20)17-39-24-11-9-23(10-12-24)26-15-16-28(38)33(37)31(26)35/h7,13-16,19-21,23-24,29,38H,1-6,8-12,17-18H2. The fraction of sp³-hybridized carbons (Fsp3) is 0.576. The molecule has 0 radical (unpaired) electrons. The Hall–Kier alpha value is -2.38. The van der Waals surface area contributed by atoms with Crippen molar-refractivity contribution in [3.8, 4) is 5.75 Å². The van der Waals surface area contributed by atoms with E-state index in [1.807, 2.05) is 0 Å². The van der Waals surface area contributed by atoms with Crippen LogP contribution in [0, 0.1) is 41.0 Å². The predicted molar refractivity (Wildman–Crippen MR) is 145 cm³/mol. The van der Waals surface area contributed by atoms with E-state index in [-0.39, 0.29) is 18.1 Å². The molecule has 0 amide bonds. The molecule has 3 fully saturated rings. The highest BCUT2D eigenvalue weighted by molar-refractivity contribution is 5.67. The van der Waals surface area contributed by atoms with Crippen molar-refractivity contribution in [1.82, 2.24) is 0 Å². The summed E-state index contributed by atoms with van der Waals surface area (Å²) in [6.45, 7) is 1.22. The summed E-state index contributed by atoms with van der Waals surface area (Å²) < 4.78 is 68.7. The van der Waals surface area contributed by atoms with Gasteiger partial charge in [0.2, 0.25) is 5.82 Å². The Balaban J connectivity index is 0.932. The number of aromatic hydroxyl groups is 1. The van der Waals surface area contributed by atoms with Crippen LogP contribution in [0.1, 0.15) is 99.3 Å². The van der Waals surface area contributed by atoms with Crippen molar-refractivity contribution in [2.75, 3.05) is 13.2 Å². The third kappa shape index (κ3) is 5.82. The lowest BCUT2D eigenvalue weighted by atomic mass is 9.71. The van der Waals surface area contributed by atoms with Gasteiger partial charge in [-0.05, 0) is 112 Å². The quantitative estimate of drug-likeness (QED) is 0.273. The molecule has 2 saturated carbocycles. The second kappa shape index (κ2) is 11.8. The summed E-state index contributed by atoms with van der Waals surface area (Å²) >= 11 is 0. The van der Waals surface area contributed by atoms with Gasteiger partial charge < -0.3 is 14.6 Å². The molecule has 1 heterocycles. The number of benzene rings is 2. The molecule has 2 aromatic rings. The average molecular weight is 559 g/mol. The van der Waals surface area contributed by atoms with Gasteiger partial charge >= 0.3 is 0 Å². The van der Waals surface area contributed by atoms with E-state index < -0.39 is 29.0 Å². The van der Waals surface area contributed by atoms with E-state index in [9.17, 15) is 22.7 Å². The molecule has 0 aromatic heterocycles. The number of allylic oxidation sites excluding steroid dienone is 2. The Morgan fingerprint density at radius 1 is 0.750 bits per heavy atom. The van der Waals surface area contributed by atoms with E-state index in [1.165, 1.54) is 25.0 Å². The van der Waals surface area contributed by atoms with Crippen molar-refractivity contribution in [3.63, 3.8) is 0 Å². The van der Waals surface area contributed by atoms with E-state index in [0.29, 0.717) is 41.1 Å². The molecule has 2 atom stereocenters. The molecule has 3 aliphatic carbocycles. The van der Waals surface area contributed by atoms with Gasteiger partial charge in [0, 0.05) is 17.7 Å². The van der Waals surface area contributed by atoms with Crippen LogP contribution in [0.2, 0.25) is 0 Å². The summed E-state index contributed by atoms with van der Waals surface area (Å²) in [5.74, 6) is -2.46. The summed E-state index contributed by atoms with van der Waals surface area (Å²) in [6.07, 6.45) is 12.6. The second-order valence-corrected chi connectivity index (χ2v) is 12.3. The molecule has 1 N–H and O–H groups in total. The average Bonchev–Trinajstić information content (AvgIpc) is 3.83. The molecule has 2 aromatic carbocycles. The summed E-state index contributed by atoms with van der Waals surface area (Å²) in [4.78, 5) is 0. The van der Waals surface area contributed by atoms with Crippen molar-refractivity contribution in [2.24, 2.45) is 17.8 Å². The zero-order valence-corrected chi connectivity index (χ0v) is 22.8. The first-order valence-corrected chi connectivity index (χ1v) is 15.0. The molecule has 1 aliphatic heterocycles. The van der Waals surface area contributed by atoms with Gasteiger partial charge in [0.25, 0.3) is 0 Å². The Bertz CT molecular complexity index is 1240. The van der Waals surface area contributed by atoms with Crippen molar-refractivity contribution < 1.29 is 32.1 Å². The topological polar surface area (TPSA) is 42.0 Å². The minimum absolute atomic E-state index is 0.0392. The fourth-order valence-corrected chi connectivity index (χ4v) is 7.32. The maximum absolute atomic E-state index is 14.8. The van der Waals surface area contributed by atoms with Crippen LogP contribution >= 0.6 is 0 Å². The third-order valence-electron chi connectivity index (χ3n) is 9.92. The summed E-state index contributed by atoms with van der Waals surface area (Å²) in [5.41, 5.74) is 2.00. The Morgan fingerprint density at radius 3 is 2.12 bits per heavy atom. The normalized spacial score (nSPS) is 30.6. The molecular formula is C33H38F4O3. The van der Waals surface area contributed by atoms with Crippen molar-refractivity contribution in [3.05, 3.63) is 70.3 Å². The number of phenolic OH excluding ortho intramolecular Hbond substituents is 1. The number of ether oxygens (including phenoxy) is 2. The van der Waals surface area contributed by atoms with Gasteiger partial charge in [0.15, 0.2) is 23.2 Å². The van der Waals surface area contributed by atoms with Gasteiger partial charge in [-0.15, -0.1) is 0 Å². The van der Waals surface area contributed by atoms with E-state index in [2.05, 4.69) is 6.08 Å². The van der Waals surface area contributed by atoms with E-state index in [1.54, 1.807) is 12.1 Å². The minimum atomic E-state index is -1.16. The van der Waals surface area contributed by atoms with Gasteiger partial charge in [-0.2, -0.15) is 4.39 Å². The van der Waals surface area contributed by atoms with Crippen LogP contribution in [0.3, 0.4) is 0 Å². The fourth-order valence-electron chi connectivity index (χ4n) is 7.32. The summed E-state index contributed by atoms with van der Waals surface area (Å²) in [5, 5.41) is 9.38. The molecule has 4 aliphatic rings. The highest BCUT2D eigenvalue weighted by Gasteiger charge is 2.33. The molecule has 1 saturated heterocycles. The first kappa shape index (κ1) is 27.8. The van der Waals surface area contributed by atoms with Gasteiger partial charge in [-0.1, -0.05) is 24.3 Å². The Labute approximate surface area is 233 Å². The highest BCUT2D eigenvalue weighted by atomic mass is 19.2. The van der Waals surface area contributed by atoms with Crippen molar-refractivity contribution in [1.29, 1.82) is 0 Å². The zero-order chi connectivity index (χ0) is 27.8. The number of hydrogen-bond donors (Lipinski definition) is 1. The van der Waals surface area contributed by atoms with Gasteiger partial charge in [-0.3, -0.25) is 0 Å². The van der Waals surface area contributed by atoms with Gasteiger partial charge in [-0.25, -0.2) is 13.2 Å². The van der Waals surface area contributed by atoms with Gasteiger partial charge in [0.1, 0.15) is 6.10 Å². The number of hydrogen-bond acceptors (Lipinski definition) is 3. The molecule has 3 nitrogen and oxygen atoms in total. The maximum atomic E-state index is 14.8. The van der Waals surface area contributed by atoms with Crippen LogP contribution < -0.4 is 0 Å². The van der Waals surface area contributed by atoms with Crippen LogP contribution in [-0.2, 0) is 9.47 Å². The number of rotatable bonds is 7. The van der Waals surface area contributed by atoms with Crippen LogP contribution in [0.5, 0.6) is 5.75 Å². The monoisotopic (exact) mass is 558 g/mol. The molecular weight excluding hydrogens is 520 g/mol.